The molecule has 0 radical (unpaired) electrons. The second-order valence-corrected chi connectivity index (χ2v) is 5.93. The van der Waals surface area contributed by atoms with Gasteiger partial charge in [0.15, 0.2) is 11.6 Å². The zero-order valence-electron chi connectivity index (χ0n) is 9.91. The van der Waals surface area contributed by atoms with Crippen molar-refractivity contribution in [2.24, 2.45) is 0 Å². The second-order valence-electron chi connectivity index (χ2n) is 4.34. The highest BCUT2D eigenvalue weighted by Crippen LogP contribution is 2.45. The van der Waals surface area contributed by atoms with Gasteiger partial charge < -0.3 is 10.8 Å². The Hall–Kier alpha value is -1.66. The molecule has 0 aliphatic heterocycles. The molecule has 0 bridgehead atoms. The summed E-state index contributed by atoms with van der Waals surface area (Å²) in [5.74, 6) is -1.06. The van der Waals surface area contributed by atoms with Crippen molar-refractivity contribution in [1.29, 1.82) is 0 Å². The maximum atomic E-state index is 12.5. The third-order valence-corrected chi connectivity index (χ3v) is 5.39. The number of nitrogens with two attached hydrogens (primary N) is 1. The summed E-state index contributed by atoms with van der Waals surface area (Å²) in [5, 5.41) is 10.2. The van der Waals surface area contributed by atoms with Gasteiger partial charge in [0.05, 0.1) is 25.8 Å². The van der Waals surface area contributed by atoms with Gasteiger partial charge in [-0.1, -0.05) is 24.3 Å². The molecule has 0 saturated carbocycles. The Bertz CT molecular complexity index is 733. The van der Waals surface area contributed by atoms with Gasteiger partial charge in [-0.3, -0.25) is 9.59 Å². The number of nitrogen functional groups attached to an aromatic ring is 1. The molecule has 3 rings (SSSR count). The van der Waals surface area contributed by atoms with E-state index in [0.29, 0.717) is 10.0 Å². The molecule has 100 valence electrons. The first-order valence-electron chi connectivity index (χ1n) is 5.63. The molecule has 3 N–H and O–H groups in total. The van der Waals surface area contributed by atoms with Crippen molar-refractivity contribution in [2.75, 3.05) is 5.73 Å². The minimum absolute atomic E-state index is 0.0428. The molecule has 0 heterocycles. The van der Waals surface area contributed by atoms with Crippen LogP contribution in [0.4, 0.5) is 5.69 Å². The van der Waals surface area contributed by atoms with Gasteiger partial charge in [0, 0.05) is 11.1 Å². The molecular weight excluding hydrogens is 390 g/mol. The van der Waals surface area contributed by atoms with E-state index < -0.39 is 5.78 Å². The fraction of sp³-hybridized carbons (Fsp3) is 0. The average Bonchev–Trinajstić information content (AvgIpc) is 2.46. The summed E-state index contributed by atoms with van der Waals surface area (Å²) < 4.78 is 0.614. The highest BCUT2D eigenvalue weighted by molar-refractivity contribution is 9.13. The molecule has 2 aromatic rings. The number of halogens is 2. The van der Waals surface area contributed by atoms with Crippen LogP contribution in [0.2, 0.25) is 0 Å². The molecule has 6 heteroatoms. The van der Waals surface area contributed by atoms with Gasteiger partial charge >= 0.3 is 0 Å². The van der Waals surface area contributed by atoms with E-state index in [1.165, 1.54) is 0 Å². The number of aromatic hydroxyl groups is 1. The van der Waals surface area contributed by atoms with Crippen LogP contribution in [0, 0.1) is 0 Å². The van der Waals surface area contributed by atoms with Crippen molar-refractivity contribution in [3.05, 3.63) is 55.5 Å². The molecule has 0 aromatic heterocycles. The van der Waals surface area contributed by atoms with Gasteiger partial charge in [-0.2, -0.15) is 0 Å². The summed E-state index contributed by atoms with van der Waals surface area (Å²) >= 11 is 6.36. The van der Waals surface area contributed by atoms with Crippen LogP contribution in [-0.4, -0.2) is 16.7 Å². The highest BCUT2D eigenvalue weighted by Gasteiger charge is 2.35. The molecule has 0 unspecified atom stereocenters. The van der Waals surface area contributed by atoms with E-state index in [9.17, 15) is 14.7 Å². The van der Waals surface area contributed by atoms with Crippen LogP contribution in [0.25, 0.3) is 0 Å². The van der Waals surface area contributed by atoms with Crippen LogP contribution in [-0.2, 0) is 0 Å². The van der Waals surface area contributed by atoms with Crippen molar-refractivity contribution in [3.63, 3.8) is 0 Å². The Kier molecular flexibility index (Phi) is 2.95. The zero-order chi connectivity index (χ0) is 14.6. The van der Waals surface area contributed by atoms with Crippen molar-refractivity contribution in [3.8, 4) is 5.75 Å². The molecule has 0 fully saturated rings. The van der Waals surface area contributed by atoms with E-state index in [1.54, 1.807) is 24.3 Å². The number of carbonyl (C=O) groups excluding carboxylic acids is 2. The van der Waals surface area contributed by atoms with Gasteiger partial charge in [0.1, 0.15) is 5.75 Å². The first kappa shape index (κ1) is 13.3. The normalized spacial score (nSPS) is 13.1. The standard InChI is InChI=1S/C14H7Br2NO3/c15-9-10(16)14(20)8-7(11(9)17)12(18)5-3-1-2-4-6(5)13(8)19/h1-4,20H,17H2. The quantitative estimate of drug-likeness (QED) is 0.451. The molecule has 20 heavy (non-hydrogen) atoms. The molecule has 0 spiro atoms. The molecule has 1 aliphatic rings. The number of fused-ring (bicyclic) bond motifs is 2. The lowest BCUT2D eigenvalue weighted by Gasteiger charge is -2.21. The summed E-state index contributed by atoms with van der Waals surface area (Å²) in [6.45, 7) is 0. The number of carbonyl (C=O) groups is 2. The third kappa shape index (κ3) is 1.58. The maximum absolute atomic E-state index is 12.5. The van der Waals surface area contributed by atoms with Crippen LogP contribution < -0.4 is 5.73 Å². The van der Waals surface area contributed by atoms with Gasteiger partial charge in [-0.15, -0.1) is 0 Å². The number of phenolic OH excluding ortho intramolecular Hbond substituents is 1. The predicted octanol–water partition coefficient (Wildman–Crippen LogP) is 3.27. The minimum Gasteiger partial charge on any atom is -0.506 e. The molecule has 0 atom stereocenters. The van der Waals surface area contributed by atoms with Crippen LogP contribution in [0.3, 0.4) is 0 Å². The number of phenols is 1. The van der Waals surface area contributed by atoms with Crippen LogP contribution >= 0.6 is 31.9 Å². The fourth-order valence-corrected chi connectivity index (χ4v) is 3.10. The number of ketones is 2. The lowest BCUT2D eigenvalue weighted by molar-refractivity contribution is 0.0977. The van der Waals surface area contributed by atoms with Crippen molar-refractivity contribution in [1.82, 2.24) is 0 Å². The second kappa shape index (κ2) is 4.43. The van der Waals surface area contributed by atoms with Crippen LogP contribution in [0.1, 0.15) is 31.8 Å². The number of hydrogen-bond donors (Lipinski definition) is 2. The third-order valence-electron chi connectivity index (χ3n) is 3.26. The smallest absolute Gasteiger partial charge is 0.198 e. The van der Waals surface area contributed by atoms with E-state index in [0.717, 1.165) is 0 Å². The summed E-state index contributed by atoms with van der Waals surface area (Å²) in [6.07, 6.45) is 0. The van der Waals surface area contributed by atoms with Crippen molar-refractivity contribution < 1.29 is 14.7 Å². The molecule has 2 aromatic carbocycles. The van der Waals surface area contributed by atoms with E-state index in [-0.39, 0.29) is 38.4 Å². The summed E-state index contributed by atoms with van der Waals surface area (Å²) in [4.78, 5) is 25.0. The lowest BCUT2D eigenvalue weighted by atomic mass is 9.83. The Labute approximate surface area is 130 Å². The average molecular weight is 397 g/mol. The first-order chi connectivity index (χ1) is 9.45. The van der Waals surface area contributed by atoms with Crippen LogP contribution in [0.15, 0.2) is 33.2 Å². The Balaban J connectivity index is 2.46. The summed E-state index contributed by atoms with van der Waals surface area (Å²) in [5.41, 5.74) is 6.62. The Morgan fingerprint density at radius 1 is 0.900 bits per heavy atom. The largest absolute Gasteiger partial charge is 0.506 e. The van der Waals surface area contributed by atoms with Crippen LogP contribution in [0.5, 0.6) is 5.75 Å². The summed E-state index contributed by atoms with van der Waals surface area (Å²) in [6, 6.07) is 6.48. The molecule has 0 saturated heterocycles. The SMILES string of the molecule is Nc1c(Br)c(Br)c(O)c2c1C(=O)c1ccccc1C2=O. The predicted molar refractivity (Wildman–Crippen MR) is 81.2 cm³/mol. The Morgan fingerprint density at radius 2 is 1.40 bits per heavy atom. The van der Waals surface area contributed by atoms with Gasteiger partial charge in [0.2, 0.25) is 0 Å². The number of anilines is 1. The summed E-state index contributed by atoms with van der Waals surface area (Å²) in [7, 11) is 0. The van der Waals surface area contributed by atoms with E-state index in [1.807, 2.05) is 0 Å². The molecule has 0 amide bonds. The molecule has 1 aliphatic carbocycles. The van der Waals surface area contributed by atoms with Crippen molar-refractivity contribution in [2.45, 2.75) is 0 Å². The Morgan fingerprint density at radius 3 is 1.95 bits per heavy atom. The molecular formula is C14H7Br2NO3. The lowest BCUT2D eigenvalue weighted by Crippen LogP contribution is -2.23. The van der Waals surface area contributed by atoms with Gasteiger partial charge in [0.25, 0.3) is 0 Å². The number of benzene rings is 2. The van der Waals surface area contributed by atoms with Gasteiger partial charge in [-0.25, -0.2) is 0 Å². The topological polar surface area (TPSA) is 80.4 Å². The minimum atomic E-state index is -0.410. The monoisotopic (exact) mass is 395 g/mol. The fourth-order valence-electron chi connectivity index (χ4n) is 2.30. The highest BCUT2D eigenvalue weighted by atomic mass is 79.9. The molecule has 4 nitrogen and oxygen atoms in total. The van der Waals surface area contributed by atoms with E-state index in [4.69, 9.17) is 5.73 Å². The first-order valence-corrected chi connectivity index (χ1v) is 7.21. The zero-order valence-corrected chi connectivity index (χ0v) is 13.1. The number of hydrogen-bond acceptors (Lipinski definition) is 4. The van der Waals surface area contributed by atoms with Gasteiger partial charge in [-0.05, 0) is 31.9 Å². The number of rotatable bonds is 0. The van der Waals surface area contributed by atoms with E-state index >= 15 is 0 Å². The van der Waals surface area contributed by atoms with Crippen molar-refractivity contribution >= 4 is 49.1 Å². The maximum Gasteiger partial charge on any atom is 0.198 e. The van der Waals surface area contributed by atoms with E-state index in [2.05, 4.69) is 31.9 Å².